The topological polar surface area (TPSA) is 63.2 Å². The normalized spacial score (nSPS) is 20.0. The zero-order valence-corrected chi connectivity index (χ0v) is 17.2. The molecule has 0 radical (unpaired) electrons. The van der Waals surface area contributed by atoms with Crippen molar-refractivity contribution >= 4 is 27.3 Å². The van der Waals surface area contributed by atoms with E-state index in [1.54, 1.807) is 18.2 Å². The van der Waals surface area contributed by atoms with Gasteiger partial charge in [-0.3, -0.25) is 4.79 Å². The van der Waals surface area contributed by atoms with Crippen LogP contribution in [0.3, 0.4) is 0 Å². The molecule has 7 heteroatoms. The average Bonchev–Trinajstić information content (AvgIpc) is 2.62. The van der Waals surface area contributed by atoms with E-state index in [1.165, 1.54) is 6.07 Å². The van der Waals surface area contributed by atoms with E-state index in [0.717, 1.165) is 30.5 Å². The number of sulfone groups is 1. The van der Waals surface area contributed by atoms with Gasteiger partial charge in [-0.05, 0) is 74.4 Å². The largest absolute Gasteiger partial charge is 0.349 e. The van der Waals surface area contributed by atoms with Crippen molar-refractivity contribution in [2.45, 2.75) is 43.5 Å². The molecule has 1 aliphatic rings. The second-order valence-corrected chi connectivity index (χ2v) is 9.92. The lowest BCUT2D eigenvalue weighted by molar-refractivity contribution is 0.0922. The first kappa shape index (κ1) is 20.8. The summed E-state index contributed by atoms with van der Waals surface area (Å²) in [5, 5.41) is 3.07. The summed E-state index contributed by atoms with van der Waals surface area (Å²) in [4.78, 5) is 12.7. The van der Waals surface area contributed by atoms with E-state index in [0.29, 0.717) is 17.7 Å². The third kappa shape index (κ3) is 5.32. The van der Waals surface area contributed by atoms with Gasteiger partial charge in [0.05, 0.1) is 10.6 Å². The Labute approximate surface area is 170 Å². The maximum atomic E-state index is 13.4. The predicted molar refractivity (Wildman–Crippen MR) is 108 cm³/mol. The van der Waals surface area contributed by atoms with Crippen molar-refractivity contribution in [1.82, 2.24) is 5.32 Å². The molecule has 0 unspecified atom stereocenters. The van der Waals surface area contributed by atoms with E-state index in [-0.39, 0.29) is 34.2 Å². The van der Waals surface area contributed by atoms with Crippen molar-refractivity contribution < 1.29 is 17.6 Å². The highest BCUT2D eigenvalue weighted by Crippen LogP contribution is 2.28. The summed E-state index contributed by atoms with van der Waals surface area (Å²) in [7, 11) is -3.32. The number of carbonyl (C=O) groups is 1. The van der Waals surface area contributed by atoms with Gasteiger partial charge >= 0.3 is 0 Å². The lowest BCUT2D eigenvalue weighted by Crippen LogP contribution is -2.38. The molecule has 0 spiro atoms. The van der Waals surface area contributed by atoms with Gasteiger partial charge in [0.25, 0.3) is 5.91 Å². The molecule has 1 aliphatic carbocycles. The van der Waals surface area contributed by atoms with Gasteiger partial charge in [-0.2, -0.15) is 0 Å². The Morgan fingerprint density at radius 2 is 1.86 bits per heavy atom. The van der Waals surface area contributed by atoms with Crippen LogP contribution in [0.1, 0.15) is 41.6 Å². The second-order valence-electron chi connectivity index (χ2n) is 7.45. The molecule has 0 bridgehead atoms. The minimum atomic E-state index is -3.32. The lowest BCUT2D eigenvalue weighted by atomic mass is 9.87. The van der Waals surface area contributed by atoms with Gasteiger partial charge in [-0.15, -0.1) is 0 Å². The fraction of sp³-hybridized carbons (Fsp3) is 0.381. The van der Waals surface area contributed by atoms with Crippen LogP contribution in [0, 0.1) is 18.7 Å². The summed E-state index contributed by atoms with van der Waals surface area (Å²) >= 11 is 5.80. The van der Waals surface area contributed by atoms with Crippen LogP contribution >= 0.6 is 11.6 Å². The Morgan fingerprint density at radius 1 is 1.14 bits per heavy atom. The first-order chi connectivity index (χ1) is 13.2. The van der Waals surface area contributed by atoms with E-state index in [1.807, 2.05) is 13.0 Å². The molecule has 3 rings (SSSR count). The summed E-state index contributed by atoms with van der Waals surface area (Å²) in [6.07, 6.45) is 2.84. The molecular formula is C21H23ClFNO3S. The number of aryl methyl sites for hydroxylation is 1. The average molecular weight is 424 g/mol. The molecule has 0 saturated heterocycles. The van der Waals surface area contributed by atoms with Gasteiger partial charge in [0, 0.05) is 16.6 Å². The van der Waals surface area contributed by atoms with Gasteiger partial charge in [0.15, 0.2) is 9.84 Å². The van der Waals surface area contributed by atoms with Gasteiger partial charge in [0.2, 0.25) is 0 Å². The van der Waals surface area contributed by atoms with Crippen molar-refractivity contribution in [1.29, 1.82) is 0 Å². The quantitative estimate of drug-likeness (QED) is 0.767. The highest BCUT2D eigenvalue weighted by atomic mass is 35.5. The molecule has 1 saturated carbocycles. The van der Waals surface area contributed by atoms with Crippen molar-refractivity contribution in [3.63, 3.8) is 0 Å². The van der Waals surface area contributed by atoms with E-state index in [2.05, 4.69) is 5.32 Å². The van der Waals surface area contributed by atoms with Crippen LogP contribution in [0.5, 0.6) is 0 Å². The van der Waals surface area contributed by atoms with Gasteiger partial charge < -0.3 is 5.32 Å². The monoisotopic (exact) mass is 423 g/mol. The van der Waals surface area contributed by atoms with Crippen molar-refractivity contribution in [3.8, 4) is 0 Å². The first-order valence-electron chi connectivity index (χ1n) is 9.29. The molecule has 1 fully saturated rings. The summed E-state index contributed by atoms with van der Waals surface area (Å²) in [5.41, 5.74) is 1.11. The van der Waals surface area contributed by atoms with E-state index in [9.17, 15) is 17.6 Å². The number of benzene rings is 2. The number of carbonyl (C=O) groups excluding carboxylic acids is 1. The molecule has 1 amide bonds. The third-order valence-corrected chi connectivity index (χ3v) is 7.21. The molecule has 0 heterocycles. The molecule has 150 valence electrons. The van der Waals surface area contributed by atoms with Crippen LogP contribution in [0.15, 0.2) is 47.4 Å². The Balaban J connectivity index is 1.55. The first-order valence-corrected chi connectivity index (χ1v) is 11.3. The van der Waals surface area contributed by atoms with E-state index >= 15 is 0 Å². The van der Waals surface area contributed by atoms with E-state index in [4.69, 9.17) is 11.6 Å². The lowest BCUT2D eigenvalue weighted by Gasteiger charge is -2.29. The number of hydrogen-bond acceptors (Lipinski definition) is 3. The van der Waals surface area contributed by atoms with E-state index < -0.39 is 15.7 Å². The van der Waals surface area contributed by atoms with Crippen LogP contribution in [-0.4, -0.2) is 26.1 Å². The summed E-state index contributed by atoms with van der Waals surface area (Å²) in [6, 6.07) is 10.7. The number of rotatable bonds is 5. The Kier molecular flexibility index (Phi) is 6.40. The SMILES string of the molecule is Cc1cccc(S(=O)(=O)CC2CCC(NC(=O)c3cc(F)cc(Cl)c3)CC2)c1. The minimum absolute atomic E-state index is 0.0486. The predicted octanol–water partition coefficient (Wildman–Crippen LogP) is 4.55. The van der Waals surface area contributed by atoms with Crippen molar-refractivity contribution in [2.75, 3.05) is 5.75 Å². The van der Waals surface area contributed by atoms with Gasteiger partial charge in [-0.25, -0.2) is 12.8 Å². The Bertz CT molecular complexity index is 949. The van der Waals surface area contributed by atoms with Crippen LogP contribution in [-0.2, 0) is 9.84 Å². The standard InChI is InChI=1S/C21H23ClFNO3S/c1-14-3-2-4-20(9-14)28(26,27)13-15-5-7-19(8-6-15)24-21(25)16-10-17(22)12-18(23)11-16/h2-4,9-12,15,19H,5-8,13H2,1H3,(H,24,25). The Hall–Kier alpha value is -1.92. The highest BCUT2D eigenvalue weighted by Gasteiger charge is 2.27. The van der Waals surface area contributed by atoms with Crippen LogP contribution in [0.2, 0.25) is 5.02 Å². The van der Waals surface area contributed by atoms with Gasteiger partial charge in [-0.1, -0.05) is 23.7 Å². The Morgan fingerprint density at radius 3 is 2.50 bits per heavy atom. The molecule has 4 nitrogen and oxygen atoms in total. The molecule has 2 aromatic carbocycles. The second kappa shape index (κ2) is 8.62. The zero-order chi connectivity index (χ0) is 20.3. The maximum absolute atomic E-state index is 13.4. The van der Waals surface area contributed by atoms with Crippen molar-refractivity contribution in [3.05, 3.63) is 64.4 Å². The fourth-order valence-electron chi connectivity index (χ4n) is 3.64. The minimum Gasteiger partial charge on any atom is -0.349 e. The maximum Gasteiger partial charge on any atom is 0.251 e. The van der Waals surface area contributed by atoms with Crippen LogP contribution in [0.25, 0.3) is 0 Å². The number of hydrogen-bond donors (Lipinski definition) is 1. The fourth-order valence-corrected chi connectivity index (χ4v) is 5.66. The molecular weight excluding hydrogens is 401 g/mol. The highest BCUT2D eigenvalue weighted by molar-refractivity contribution is 7.91. The summed E-state index contributed by atoms with van der Waals surface area (Å²) < 4.78 is 38.7. The number of halogens is 2. The third-order valence-electron chi connectivity index (χ3n) is 5.11. The molecule has 28 heavy (non-hydrogen) atoms. The molecule has 0 atom stereocenters. The van der Waals surface area contributed by atoms with Crippen molar-refractivity contribution in [2.24, 2.45) is 5.92 Å². The molecule has 1 N–H and O–H groups in total. The summed E-state index contributed by atoms with van der Waals surface area (Å²) in [5.74, 6) is -0.724. The van der Waals surface area contributed by atoms with Crippen LogP contribution in [0.4, 0.5) is 4.39 Å². The van der Waals surface area contributed by atoms with Crippen LogP contribution < -0.4 is 5.32 Å². The molecule has 0 aromatic heterocycles. The number of amides is 1. The zero-order valence-electron chi connectivity index (χ0n) is 15.6. The number of nitrogens with one attached hydrogen (secondary N) is 1. The summed E-state index contributed by atoms with van der Waals surface area (Å²) in [6.45, 7) is 1.87. The molecule has 0 aliphatic heterocycles. The molecule has 2 aromatic rings. The smallest absolute Gasteiger partial charge is 0.251 e. The van der Waals surface area contributed by atoms with Gasteiger partial charge in [0.1, 0.15) is 5.82 Å².